The highest BCUT2D eigenvalue weighted by Gasteiger charge is 2.07. The zero-order valence-corrected chi connectivity index (χ0v) is 10.5. The monoisotopic (exact) mass is 274 g/mol. The van der Waals surface area contributed by atoms with Crippen LogP contribution in [0.4, 0.5) is 5.69 Å². The molecule has 0 saturated carbocycles. The molecule has 0 aliphatic rings. The van der Waals surface area contributed by atoms with E-state index in [9.17, 15) is 14.7 Å². The van der Waals surface area contributed by atoms with E-state index in [1.165, 1.54) is 18.2 Å². The number of rotatable bonds is 3. The van der Waals surface area contributed by atoms with Gasteiger partial charge in [-0.25, -0.2) is 0 Å². The number of amides is 1. The van der Waals surface area contributed by atoms with Gasteiger partial charge in [-0.15, -0.1) is 0 Å². The van der Waals surface area contributed by atoms with Crippen molar-refractivity contribution in [2.75, 3.05) is 5.32 Å². The van der Waals surface area contributed by atoms with Crippen molar-refractivity contribution in [3.8, 4) is 0 Å². The largest absolute Gasteiger partial charge is 0.545 e. The van der Waals surface area contributed by atoms with Gasteiger partial charge in [-0.1, -0.05) is 29.8 Å². The minimum Gasteiger partial charge on any atom is -0.545 e. The lowest BCUT2D eigenvalue weighted by molar-refractivity contribution is -0.255. The second-order valence-electron chi connectivity index (χ2n) is 3.80. The van der Waals surface area contributed by atoms with E-state index in [1.807, 2.05) is 0 Å². The van der Waals surface area contributed by atoms with E-state index in [0.29, 0.717) is 11.3 Å². The molecule has 96 valence electrons. The first-order valence-electron chi connectivity index (χ1n) is 5.45. The summed E-state index contributed by atoms with van der Waals surface area (Å²) in [5, 5.41) is 13.5. The average molecular weight is 275 g/mol. The van der Waals surface area contributed by atoms with Crippen LogP contribution in [0.25, 0.3) is 0 Å². The van der Waals surface area contributed by atoms with Gasteiger partial charge in [0, 0.05) is 21.8 Å². The molecule has 0 saturated heterocycles. The Balaban J connectivity index is 2.23. The highest BCUT2D eigenvalue weighted by molar-refractivity contribution is 6.33. The molecular weight excluding hydrogens is 266 g/mol. The average Bonchev–Trinajstić information content (AvgIpc) is 2.41. The van der Waals surface area contributed by atoms with Crippen molar-refractivity contribution in [3.63, 3.8) is 0 Å². The van der Waals surface area contributed by atoms with Gasteiger partial charge in [0.2, 0.25) is 0 Å². The van der Waals surface area contributed by atoms with Crippen molar-refractivity contribution < 1.29 is 14.7 Å². The molecule has 5 heteroatoms. The van der Waals surface area contributed by atoms with Gasteiger partial charge in [0.15, 0.2) is 0 Å². The summed E-state index contributed by atoms with van der Waals surface area (Å²) in [6, 6.07) is 12.8. The molecule has 0 unspecified atom stereocenters. The quantitative estimate of drug-likeness (QED) is 0.930. The fourth-order valence-electron chi connectivity index (χ4n) is 1.55. The molecular formula is C14H9ClNO3-. The number of anilines is 1. The predicted molar refractivity (Wildman–Crippen MR) is 70.2 cm³/mol. The second-order valence-corrected chi connectivity index (χ2v) is 4.21. The van der Waals surface area contributed by atoms with Crippen LogP contribution in [0.1, 0.15) is 20.7 Å². The summed E-state index contributed by atoms with van der Waals surface area (Å²) in [5.41, 5.74) is 0.664. The standard InChI is InChI=1S/C14H10ClNO3/c15-12-7-6-10(8-11(12)14(18)19)16-13(17)9-4-2-1-3-5-9/h1-8H,(H,16,17)(H,18,19)/p-1. The van der Waals surface area contributed by atoms with Crippen molar-refractivity contribution >= 4 is 29.2 Å². The zero-order valence-electron chi connectivity index (χ0n) is 9.72. The van der Waals surface area contributed by atoms with Gasteiger partial charge in [0.1, 0.15) is 0 Å². The summed E-state index contributed by atoms with van der Waals surface area (Å²) in [5.74, 6) is -1.71. The number of benzene rings is 2. The van der Waals surface area contributed by atoms with Crippen molar-refractivity contribution in [3.05, 3.63) is 64.7 Å². The van der Waals surface area contributed by atoms with Gasteiger partial charge in [-0.2, -0.15) is 0 Å². The Kier molecular flexibility index (Phi) is 3.82. The third-order valence-corrected chi connectivity index (χ3v) is 2.81. The topological polar surface area (TPSA) is 69.2 Å². The van der Waals surface area contributed by atoms with Crippen LogP contribution in [0.2, 0.25) is 5.02 Å². The van der Waals surface area contributed by atoms with Gasteiger partial charge in [-0.05, 0) is 30.3 Å². The van der Waals surface area contributed by atoms with Crippen LogP contribution in [0, 0.1) is 0 Å². The molecule has 0 aliphatic carbocycles. The second kappa shape index (κ2) is 5.54. The molecule has 0 bridgehead atoms. The van der Waals surface area contributed by atoms with E-state index in [2.05, 4.69) is 5.32 Å². The lowest BCUT2D eigenvalue weighted by Crippen LogP contribution is -2.23. The SMILES string of the molecule is O=C(Nc1ccc(Cl)c(C(=O)[O-])c1)c1ccccc1. The Morgan fingerprint density at radius 3 is 2.37 bits per heavy atom. The molecule has 0 aromatic heterocycles. The molecule has 0 radical (unpaired) electrons. The summed E-state index contributed by atoms with van der Waals surface area (Å²) < 4.78 is 0. The van der Waals surface area contributed by atoms with Crippen LogP contribution in [-0.4, -0.2) is 11.9 Å². The molecule has 0 atom stereocenters. The van der Waals surface area contributed by atoms with Crippen LogP contribution in [0.5, 0.6) is 0 Å². The summed E-state index contributed by atoms with van der Waals surface area (Å²) >= 11 is 5.71. The number of carboxylic acids is 1. The highest BCUT2D eigenvalue weighted by Crippen LogP contribution is 2.20. The molecule has 4 nitrogen and oxygen atoms in total. The van der Waals surface area contributed by atoms with Crippen molar-refractivity contribution in [1.29, 1.82) is 0 Å². The number of carboxylic acid groups (broad SMARTS) is 1. The number of nitrogens with one attached hydrogen (secondary N) is 1. The fraction of sp³-hybridized carbons (Fsp3) is 0. The molecule has 19 heavy (non-hydrogen) atoms. The number of aromatic carboxylic acids is 1. The molecule has 0 spiro atoms. The van der Waals surface area contributed by atoms with Crippen LogP contribution >= 0.6 is 11.6 Å². The third kappa shape index (κ3) is 3.11. The van der Waals surface area contributed by atoms with Crippen LogP contribution < -0.4 is 10.4 Å². The summed E-state index contributed by atoms with van der Waals surface area (Å²) in [4.78, 5) is 22.7. The maximum absolute atomic E-state index is 11.9. The normalized spacial score (nSPS) is 9.95. The van der Waals surface area contributed by atoms with Crippen LogP contribution in [-0.2, 0) is 0 Å². The Morgan fingerprint density at radius 1 is 1.05 bits per heavy atom. The van der Waals surface area contributed by atoms with E-state index in [1.54, 1.807) is 30.3 Å². The predicted octanol–water partition coefficient (Wildman–Crippen LogP) is 1.96. The fourth-order valence-corrected chi connectivity index (χ4v) is 1.75. The molecule has 2 aromatic rings. The highest BCUT2D eigenvalue weighted by atomic mass is 35.5. The molecule has 1 amide bonds. The van der Waals surface area contributed by atoms with E-state index >= 15 is 0 Å². The number of halogens is 1. The molecule has 0 aliphatic heterocycles. The van der Waals surface area contributed by atoms with Gasteiger partial charge in [0.05, 0.1) is 5.97 Å². The minimum atomic E-state index is -1.39. The first kappa shape index (κ1) is 13.1. The zero-order chi connectivity index (χ0) is 13.8. The van der Waals surface area contributed by atoms with Crippen LogP contribution in [0.3, 0.4) is 0 Å². The first-order valence-corrected chi connectivity index (χ1v) is 5.83. The van der Waals surface area contributed by atoms with E-state index in [0.717, 1.165) is 0 Å². The van der Waals surface area contributed by atoms with Gasteiger partial charge < -0.3 is 15.2 Å². The van der Waals surface area contributed by atoms with Crippen molar-refractivity contribution in [1.82, 2.24) is 0 Å². The minimum absolute atomic E-state index is 0.0673. The number of carbonyl (C=O) groups excluding carboxylic acids is 2. The lowest BCUT2D eigenvalue weighted by atomic mass is 10.1. The van der Waals surface area contributed by atoms with E-state index in [-0.39, 0.29) is 16.5 Å². The summed E-state index contributed by atoms with van der Waals surface area (Å²) in [6.07, 6.45) is 0. The summed E-state index contributed by atoms with van der Waals surface area (Å²) in [7, 11) is 0. The first-order chi connectivity index (χ1) is 9.08. The van der Waals surface area contributed by atoms with Gasteiger partial charge >= 0.3 is 0 Å². The Hall–Kier alpha value is -2.33. The molecule has 2 aromatic carbocycles. The number of carbonyl (C=O) groups is 2. The maximum atomic E-state index is 11.9. The molecule has 0 fully saturated rings. The van der Waals surface area contributed by atoms with Crippen molar-refractivity contribution in [2.24, 2.45) is 0 Å². The Labute approximate surface area is 114 Å². The summed E-state index contributed by atoms with van der Waals surface area (Å²) in [6.45, 7) is 0. The van der Waals surface area contributed by atoms with E-state index < -0.39 is 5.97 Å². The Bertz CT molecular complexity index is 626. The van der Waals surface area contributed by atoms with Gasteiger partial charge in [0.25, 0.3) is 5.91 Å². The van der Waals surface area contributed by atoms with E-state index in [4.69, 9.17) is 11.6 Å². The maximum Gasteiger partial charge on any atom is 0.255 e. The molecule has 0 heterocycles. The molecule has 1 N–H and O–H groups in total. The number of hydrogen-bond acceptors (Lipinski definition) is 3. The van der Waals surface area contributed by atoms with Gasteiger partial charge in [-0.3, -0.25) is 4.79 Å². The van der Waals surface area contributed by atoms with Crippen molar-refractivity contribution in [2.45, 2.75) is 0 Å². The third-order valence-electron chi connectivity index (χ3n) is 2.48. The smallest absolute Gasteiger partial charge is 0.255 e. The number of hydrogen-bond donors (Lipinski definition) is 1. The Morgan fingerprint density at radius 2 is 1.74 bits per heavy atom. The lowest BCUT2D eigenvalue weighted by Gasteiger charge is -2.09. The van der Waals surface area contributed by atoms with Crippen LogP contribution in [0.15, 0.2) is 48.5 Å². The molecule has 2 rings (SSSR count).